The summed E-state index contributed by atoms with van der Waals surface area (Å²) in [6, 6.07) is 12.1. The first kappa shape index (κ1) is 16.8. The average molecular weight is 311 g/mol. The number of benzene rings is 1. The minimum atomic E-state index is -0.958. The number of amides is 1. The number of oxazole rings is 1. The second-order valence-corrected chi connectivity index (χ2v) is 6.10. The quantitative estimate of drug-likeness (QED) is 0.886. The molecule has 0 saturated carbocycles. The maximum atomic E-state index is 12.4. The van der Waals surface area contributed by atoms with Gasteiger partial charge in [-0.3, -0.25) is 4.79 Å². The standard InChI is InChI=1S/C18H21N3O2/c1-13(2)16-15(20-12-23-16)17(22)21-18(3,11-19)10-9-14-7-5-4-6-8-14/h4-8,12-13H,9-10H2,1-3H3,(H,21,22)/t18-/m1/s1. The zero-order valence-electron chi connectivity index (χ0n) is 13.7. The molecule has 5 heteroatoms. The van der Waals surface area contributed by atoms with E-state index in [4.69, 9.17) is 4.42 Å². The van der Waals surface area contributed by atoms with Gasteiger partial charge >= 0.3 is 0 Å². The molecule has 1 N–H and O–H groups in total. The third-order valence-corrected chi connectivity index (χ3v) is 3.73. The van der Waals surface area contributed by atoms with E-state index in [9.17, 15) is 10.1 Å². The summed E-state index contributed by atoms with van der Waals surface area (Å²) < 4.78 is 5.27. The molecule has 0 radical (unpaired) electrons. The number of nitrogens with one attached hydrogen (secondary N) is 1. The Morgan fingerprint density at radius 2 is 2.09 bits per heavy atom. The summed E-state index contributed by atoms with van der Waals surface area (Å²) in [5.74, 6) is 0.210. The molecule has 2 aromatic rings. The normalized spacial score (nSPS) is 13.3. The largest absolute Gasteiger partial charge is 0.447 e. The molecule has 2 rings (SSSR count). The first-order valence-corrected chi connectivity index (χ1v) is 7.66. The Kier molecular flexibility index (Phi) is 5.17. The van der Waals surface area contributed by atoms with Crippen LogP contribution in [0.3, 0.4) is 0 Å². The highest BCUT2D eigenvalue weighted by Crippen LogP contribution is 2.20. The predicted octanol–water partition coefficient (Wildman–Crippen LogP) is 3.44. The molecular formula is C18H21N3O2. The molecule has 0 aliphatic heterocycles. The van der Waals surface area contributed by atoms with Crippen LogP contribution in [0.1, 0.15) is 54.9 Å². The van der Waals surface area contributed by atoms with Gasteiger partial charge in [0.15, 0.2) is 12.1 Å². The van der Waals surface area contributed by atoms with Crippen LogP contribution in [-0.2, 0) is 6.42 Å². The molecule has 0 bridgehead atoms. The SMILES string of the molecule is CC(C)c1ocnc1C(=O)N[C@@](C)(C#N)CCc1ccccc1. The topological polar surface area (TPSA) is 78.9 Å². The lowest BCUT2D eigenvalue weighted by Crippen LogP contribution is -2.45. The van der Waals surface area contributed by atoms with Crippen molar-refractivity contribution in [3.63, 3.8) is 0 Å². The van der Waals surface area contributed by atoms with Gasteiger partial charge in [-0.2, -0.15) is 5.26 Å². The van der Waals surface area contributed by atoms with Gasteiger partial charge in [-0.1, -0.05) is 44.2 Å². The van der Waals surface area contributed by atoms with E-state index in [0.717, 1.165) is 5.56 Å². The highest BCUT2D eigenvalue weighted by Gasteiger charge is 2.29. The molecule has 0 spiro atoms. The van der Waals surface area contributed by atoms with Gasteiger partial charge < -0.3 is 9.73 Å². The van der Waals surface area contributed by atoms with Crippen molar-refractivity contribution in [2.45, 2.75) is 45.1 Å². The third-order valence-electron chi connectivity index (χ3n) is 3.73. The van der Waals surface area contributed by atoms with Crippen LogP contribution in [0.4, 0.5) is 0 Å². The lowest BCUT2D eigenvalue weighted by molar-refractivity contribution is 0.0914. The van der Waals surface area contributed by atoms with Crippen molar-refractivity contribution >= 4 is 5.91 Å². The molecule has 1 amide bonds. The van der Waals surface area contributed by atoms with Gasteiger partial charge in [-0.05, 0) is 25.3 Å². The Bertz CT molecular complexity index is 701. The minimum Gasteiger partial charge on any atom is -0.447 e. The van der Waals surface area contributed by atoms with E-state index in [1.807, 2.05) is 44.2 Å². The summed E-state index contributed by atoms with van der Waals surface area (Å²) in [6.07, 6.45) is 2.49. The van der Waals surface area contributed by atoms with Crippen LogP contribution in [0.25, 0.3) is 0 Å². The van der Waals surface area contributed by atoms with Gasteiger partial charge in [0.05, 0.1) is 6.07 Å². The summed E-state index contributed by atoms with van der Waals surface area (Å²) in [7, 11) is 0. The molecule has 1 atom stereocenters. The van der Waals surface area contributed by atoms with E-state index in [1.54, 1.807) is 6.92 Å². The number of hydrogen-bond donors (Lipinski definition) is 1. The fraction of sp³-hybridized carbons (Fsp3) is 0.389. The van der Waals surface area contributed by atoms with Gasteiger partial charge in [0.2, 0.25) is 0 Å². The van der Waals surface area contributed by atoms with Crippen molar-refractivity contribution in [3.8, 4) is 6.07 Å². The Hall–Kier alpha value is -2.61. The fourth-order valence-corrected chi connectivity index (χ4v) is 2.33. The molecule has 120 valence electrons. The molecule has 0 aliphatic rings. The van der Waals surface area contributed by atoms with Gasteiger partial charge in [0, 0.05) is 5.92 Å². The summed E-state index contributed by atoms with van der Waals surface area (Å²) in [5, 5.41) is 12.3. The van der Waals surface area contributed by atoms with Gasteiger partial charge in [0.25, 0.3) is 5.91 Å². The molecule has 1 heterocycles. The van der Waals surface area contributed by atoms with E-state index in [2.05, 4.69) is 16.4 Å². The highest BCUT2D eigenvalue weighted by atomic mass is 16.3. The highest BCUT2D eigenvalue weighted by molar-refractivity contribution is 5.94. The van der Waals surface area contributed by atoms with Crippen molar-refractivity contribution in [1.29, 1.82) is 5.26 Å². The van der Waals surface area contributed by atoms with Crippen molar-refractivity contribution in [2.75, 3.05) is 0 Å². The van der Waals surface area contributed by atoms with E-state index < -0.39 is 5.54 Å². The van der Waals surface area contributed by atoms with Gasteiger partial charge in [0.1, 0.15) is 11.3 Å². The monoisotopic (exact) mass is 311 g/mol. The number of nitrogens with zero attached hydrogens (tertiary/aromatic N) is 2. The van der Waals surface area contributed by atoms with Crippen LogP contribution in [0.15, 0.2) is 41.1 Å². The van der Waals surface area contributed by atoms with E-state index in [1.165, 1.54) is 6.39 Å². The molecular weight excluding hydrogens is 290 g/mol. The zero-order chi connectivity index (χ0) is 16.9. The second-order valence-electron chi connectivity index (χ2n) is 6.10. The lowest BCUT2D eigenvalue weighted by Gasteiger charge is -2.23. The number of carbonyl (C=O) groups is 1. The molecule has 1 aromatic carbocycles. The van der Waals surface area contributed by atoms with Gasteiger partial charge in [-0.15, -0.1) is 0 Å². The summed E-state index contributed by atoms with van der Waals surface area (Å²) in [4.78, 5) is 16.4. The summed E-state index contributed by atoms with van der Waals surface area (Å²) in [5.41, 5.74) is 0.425. The van der Waals surface area contributed by atoms with Gasteiger partial charge in [-0.25, -0.2) is 4.98 Å². The maximum Gasteiger partial charge on any atom is 0.274 e. The first-order chi connectivity index (χ1) is 10.9. The van der Waals surface area contributed by atoms with Crippen molar-refractivity contribution < 1.29 is 9.21 Å². The van der Waals surface area contributed by atoms with Crippen molar-refractivity contribution in [3.05, 3.63) is 53.7 Å². The number of hydrogen-bond acceptors (Lipinski definition) is 4. The third kappa shape index (κ3) is 4.19. The number of nitriles is 1. The number of carbonyl (C=O) groups excluding carboxylic acids is 1. The summed E-state index contributed by atoms with van der Waals surface area (Å²) in [6.45, 7) is 5.58. The molecule has 0 fully saturated rings. The average Bonchev–Trinajstić information content (AvgIpc) is 3.04. The Morgan fingerprint density at radius 1 is 1.39 bits per heavy atom. The number of rotatable bonds is 6. The van der Waals surface area contributed by atoms with Crippen LogP contribution >= 0.6 is 0 Å². The number of aromatic nitrogens is 1. The van der Waals surface area contributed by atoms with Crippen LogP contribution < -0.4 is 5.32 Å². The van der Waals surface area contributed by atoms with E-state index in [0.29, 0.717) is 18.6 Å². The zero-order valence-corrected chi connectivity index (χ0v) is 13.7. The van der Waals surface area contributed by atoms with Crippen molar-refractivity contribution in [2.24, 2.45) is 0 Å². The molecule has 1 aromatic heterocycles. The second kappa shape index (κ2) is 7.10. The maximum absolute atomic E-state index is 12.4. The first-order valence-electron chi connectivity index (χ1n) is 7.66. The Morgan fingerprint density at radius 3 is 2.70 bits per heavy atom. The van der Waals surface area contributed by atoms with E-state index >= 15 is 0 Å². The van der Waals surface area contributed by atoms with Crippen LogP contribution in [0.2, 0.25) is 0 Å². The van der Waals surface area contributed by atoms with Crippen LogP contribution in [0.5, 0.6) is 0 Å². The smallest absolute Gasteiger partial charge is 0.274 e. The molecule has 23 heavy (non-hydrogen) atoms. The van der Waals surface area contributed by atoms with Crippen molar-refractivity contribution in [1.82, 2.24) is 10.3 Å². The van der Waals surface area contributed by atoms with Crippen LogP contribution in [0, 0.1) is 11.3 Å². The number of aryl methyl sites for hydroxylation is 1. The molecule has 0 unspecified atom stereocenters. The minimum absolute atomic E-state index is 0.0518. The Balaban J connectivity index is 2.07. The fourth-order valence-electron chi connectivity index (χ4n) is 2.33. The molecule has 0 aliphatic carbocycles. The summed E-state index contributed by atoms with van der Waals surface area (Å²) >= 11 is 0. The lowest BCUT2D eigenvalue weighted by atomic mass is 9.94. The molecule has 0 saturated heterocycles. The van der Waals surface area contributed by atoms with E-state index in [-0.39, 0.29) is 17.5 Å². The molecule has 5 nitrogen and oxygen atoms in total. The predicted molar refractivity (Wildman–Crippen MR) is 86.8 cm³/mol. The van der Waals surface area contributed by atoms with Crippen LogP contribution in [-0.4, -0.2) is 16.4 Å². The Labute approximate surface area is 136 Å².